The standard InChI is InChI=1S/C30H30N2O2/c1-18-13-19(2)15-20(14-18)16-32-17-22(21-7-3-4-10-25(21)32)28-29-23(8-5-11-26(29)33)31-24-9-6-12-27(34)30(24)28/h3-4,7,10,13-15,17,28,31H,5-6,8-9,11-12,16H2,1-2H3. The lowest BCUT2D eigenvalue weighted by molar-refractivity contribution is -0.116. The number of aryl methyl sites for hydroxylation is 2. The van der Waals surface area contributed by atoms with Gasteiger partial charge in [0.15, 0.2) is 11.6 Å². The van der Waals surface area contributed by atoms with E-state index in [2.05, 4.69) is 72.4 Å². The minimum atomic E-state index is -0.266. The van der Waals surface area contributed by atoms with Crippen molar-refractivity contribution in [3.63, 3.8) is 0 Å². The SMILES string of the molecule is Cc1cc(C)cc(Cn2cc(C3C4=C(CCCC4=O)NC4=C3C(=O)CCC4)c3ccccc32)c1. The lowest BCUT2D eigenvalue weighted by Crippen LogP contribution is -2.36. The van der Waals surface area contributed by atoms with Crippen LogP contribution in [0.2, 0.25) is 0 Å². The van der Waals surface area contributed by atoms with Crippen molar-refractivity contribution in [3.05, 3.63) is 93.5 Å². The first kappa shape index (κ1) is 21.2. The van der Waals surface area contributed by atoms with E-state index in [-0.39, 0.29) is 17.5 Å². The third-order valence-electron chi connectivity index (χ3n) is 7.56. The third kappa shape index (κ3) is 3.44. The van der Waals surface area contributed by atoms with Gasteiger partial charge in [0.25, 0.3) is 0 Å². The molecule has 2 heterocycles. The Morgan fingerprint density at radius 1 is 0.853 bits per heavy atom. The lowest BCUT2D eigenvalue weighted by Gasteiger charge is -2.37. The number of dihydropyridines is 1. The number of ketones is 2. The molecule has 3 aliphatic rings. The Morgan fingerprint density at radius 3 is 2.12 bits per heavy atom. The van der Waals surface area contributed by atoms with Gasteiger partial charge in [-0.05, 0) is 56.7 Å². The Bertz CT molecular complexity index is 1360. The maximum atomic E-state index is 13.3. The summed E-state index contributed by atoms with van der Waals surface area (Å²) >= 11 is 0. The molecule has 2 aromatic carbocycles. The Labute approximate surface area is 200 Å². The predicted molar refractivity (Wildman–Crippen MR) is 135 cm³/mol. The minimum Gasteiger partial charge on any atom is -0.362 e. The van der Waals surface area contributed by atoms with Gasteiger partial charge in [0.1, 0.15) is 0 Å². The number of para-hydroxylation sites is 1. The first-order chi connectivity index (χ1) is 16.5. The number of Topliss-reactive ketones (excluding diaryl/α,β-unsaturated/α-hetero) is 2. The van der Waals surface area contributed by atoms with Crippen LogP contribution in [0.15, 0.2) is 71.2 Å². The second-order valence-electron chi connectivity index (χ2n) is 10.1. The molecular weight excluding hydrogens is 420 g/mol. The Hall–Kier alpha value is -3.40. The number of fused-ring (bicyclic) bond motifs is 1. The number of carbonyl (C=O) groups excluding carboxylic acids is 2. The van der Waals surface area contributed by atoms with Gasteiger partial charge in [-0.2, -0.15) is 0 Å². The van der Waals surface area contributed by atoms with Gasteiger partial charge in [0.2, 0.25) is 0 Å². The van der Waals surface area contributed by atoms with E-state index >= 15 is 0 Å². The van der Waals surface area contributed by atoms with Crippen molar-refractivity contribution in [2.45, 2.75) is 64.8 Å². The van der Waals surface area contributed by atoms with Crippen LogP contribution < -0.4 is 5.32 Å². The molecule has 0 radical (unpaired) electrons. The van der Waals surface area contributed by atoms with Gasteiger partial charge in [-0.15, -0.1) is 0 Å². The lowest BCUT2D eigenvalue weighted by atomic mass is 9.71. The fourth-order valence-corrected chi connectivity index (χ4v) is 6.29. The molecule has 2 aliphatic carbocycles. The fourth-order valence-electron chi connectivity index (χ4n) is 6.29. The molecule has 4 nitrogen and oxygen atoms in total. The summed E-state index contributed by atoms with van der Waals surface area (Å²) in [6.45, 7) is 5.03. The number of nitrogens with zero attached hydrogens (tertiary/aromatic N) is 1. The second kappa shape index (κ2) is 8.12. The number of allylic oxidation sites excluding steroid dienone is 4. The minimum absolute atomic E-state index is 0.190. The van der Waals surface area contributed by atoms with Gasteiger partial charge in [0.05, 0.1) is 0 Å². The van der Waals surface area contributed by atoms with Gasteiger partial charge in [-0.1, -0.05) is 47.5 Å². The zero-order chi connectivity index (χ0) is 23.4. The molecule has 1 aliphatic heterocycles. The van der Waals surface area contributed by atoms with Gasteiger partial charge >= 0.3 is 0 Å². The molecule has 0 spiro atoms. The molecule has 0 saturated carbocycles. The Morgan fingerprint density at radius 2 is 1.47 bits per heavy atom. The largest absolute Gasteiger partial charge is 0.362 e. The van der Waals surface area contributed by atoms with Crippen LogP contribution in [0.1, 0.15) is 66.7 Å². The summed E-state index contributed by atoms with van der Waals surface area (Å²) in [6, 6.07) is 15.1. The van der Waals surface area contributed by atoms with Crippen molar-refractivity contribution in [3.8, 4) is 0 Å². The van der Waals surface area contributed by atoms with Crippen molar-refractivity contribution < 1.29 is 9.59 Å². The summed E-state index contributed by atoms with van der Waals surface area (Å²) in [5, 5.41) is 4.67. The number of carbonyl (C=O) groups is 2. The van der Waals surface area contributed by atoms with Crippen molar-refractivity contribution in [1.82, 2.24) is 9.88 Å². The van der Waals surface area contributed by atoms with E-state index in [1.165, 1.54) is 16.7 Å². The maximum absolute atomic E-state index is 13.3. The molecule has 4 heteroatoms. The molecular formula is C30H30N2O2. The van der Waals surface area contributed by atoms with Crippen LogP contribution in [0.3, 0.4) is 0 Å². The van der Waals surface area contributed by atoms with E-state index in [4.69, 9.17) is 0 Å². The molecule has 0 fully saturated rings. The van der Waals surface area contributed by atoms with Crippen LogP contribution in [-0.2, 0) is 16.1 Å². The van der Waals surface area contributed by atoms with Crippen LogP contribution in [0.5, 0.6) is 0 Å². The van der Waals surface area contributed by atoms with Gasteiger partial charge in [-0.3, -0.25) is 9.59 Å². The molecule has 172 valence electrons. The molecule has 1 N–H and O–H groups in total. The number of rotatable bonds is 3. The molecule has 0 atom stereocenters. The van der Waals surface area contributed by atoms with E-state index < -0.39 is 0 Å². The number of nitrogens with one attached hydrogen (secondary N) is 1. The monoisotopic (exact) mass is 450 g/mol. The van der Waals surface area contributed by atoms with Crippen molar-refractivity contribution in [2.24, 2.45) is 0 Å². The highest BCUT2D eigenvalue weighted by atomic mass is 16.1. The first-order valence-corrected chi connectivity index (χ1v) is 12.4. The normalized spacial score (nSPS) is 18.9. The summed E-state index contributed by atoms with van der Waals surface area (Å²) < 4.78 is 2.29. The number of hydrogen-bond donors (Lipinski definition) is 1. The zero-order valence-corrected chi connectivity index (χ0v) is 19.9. The van der Waals surface area contributed by atoms with Crippen molar-refractivity contribution in [2.75, 3.05) is 0 Å². The smallest absolute Gasteiger partial charge is 0.161 e. The van der Waals surface area contributed by atoms with Crippen molar-refractivity contribution >= 4 is 22.5 Å². The molecule has 0 bridgehead atoms. The van der Waals surface area contributed by atoms with Crippen LogP contribution >= 0.6 is 0 Å². The average Bonchev–Trinajstić information content (AvgIpc) is 3.15. The number of hydrogen-bond acceptors (Lipinski definition) is 3. The molecule has 34 heavy (non-hydrogen) atoms. The quantitative estimate of drug-likeness (QED) is 0.532. The summed E-state index contributed by atoms with van der Waals surface area (Å²) in [5.41, 5.74) is 9.76. The number of aromatic nitrogens is 1. The molecule has 6 rings (SSSR count). The summed E-state index contributed by atoms with van der Waals surface area (Å²) in [7, 11) is 0. The highest BCUT2D eigenvalue weighted by molar-refractivity contribution is 6.07. The predicted octanol–water partition coefficient (Wildman–Crippen LogP) is 6.01. The van der Waals surface area contributed by atoms with E-state index in [9.17, 15) is 9.59 Å². The van der Waals surface area contributed by atoms with Gasteiger partial charge in [-0.25, -0.2) is 0 Å². The van der Waals surface area contributed by atoms with Crippen LogP contribution in [0.25, 0.3) is 10.9 Å². The zero-order valence-electron chi connectivity index (χ0n) is 19.9. The van der Waals surface area contributed by atoms with Crippen LogP contribution in [0, 0.1) is 13.8 Å². The van der Waals surface area contributed by atoms with E-state index in [1.54, 1.807) is 0 Å². The molecule has 0 unspecified atom stereocenters. The molecule has 3 aromatic rings. The first-order valence-electron chi connectivity index (χ1n) is 12.4. The number of benzene rings is 2. The van der Waals surface area contributed by atoms with E-state index in [0.717, 1.165) is 71.2 Å². The topological polar surface area (TPSA) is 51.1 Å². The van der Waals surface area contributed by atoms with Gasteiger partial charge < -0.3 is 9.88 Å². The molecule has 0 saturated heterocycles. The average molecular weight is 451 g/mol. The maximum Gasteiger partial charge on any atom is 0.161 e. The van der Waals surface area contributed by atoms with Gasteiger partial charge in [0, 0.05) is 64.9 Å². The summed E-state index contributed by atoms with van der Waals surface area (Å²) in [5.74, 6) is 0.113. The Kier molecular flexibility index (Phi) is 5.05. The summed E-state index contributed by atoms with van der Waals surface area (Å²) in [6.07, 6.45) is 6.85. The van der Waals surface area contributed by atoms with Crippen molar-refractivity contribution in [1.29, 1.82) is 0 Å². The van der Waals surface area contributed by atoms with Crippen LogP contribution in [0.4, 0.5) is 0 Å². The molecule has 0 amide bonds. The third-order valence-corrected chi connectivity index (χ3v) is 7.56. The highest BCUT2D eigenvalue weighted by Crippen LogP contribution is 2.47. The molecule has 1 aromatic heterocycles. The second-order valence-corrected chi connectivity index (χ2v) is 10.1. The van der Waals surface area contributed by atoms with Crippen LogP contribution in [-0.4, -0.2) is 16.1 Å². The van der Waals surface area contributed by atoms with E-state index in [0.29, 0.717) is 12.8 Å². The highest BCUT2D eigenvalue weighted by Gasteiger charge is 2.41. The summed E-state index contributed by atoms with van der Waals surface area (Å²) in [4.78, 5) is 26.5. The van der Waals surface area contributed by atoms with E-state index in [1.807, 2.05) is 0 Å². The fraction of sp³-hybridized carbons (Fsp3) is 0.333. The Balaban J connectivity index is 1.55.